The van der Waals surface area contributed by atoms with Crippen LogP contribution in [0.15, 0.2) is 0 Å². The van der Waals surface area contributed by atoms with Crippen LogP contribution in [0.3, 0.4) is 0 Å². The lowest BCUT2D eigenvalue weighted by Crippen LogP contribution is -2.49. The second kappa shape index (κ2) is 6.97. The normalized spacial score (nSPS) is 19.1. The summed E-state index contributed by atoms with van der Waals surface area (Å²) in [5, 5.41) is 3.00. The first kappa shape index (κ1) is 14.5. The molecule has 1 aliphatic rings. The number of nitrogens with zero attached hydrogens (tertiary/aromatic N) is 1. The highest BCUT2D eigenvalue weighted by molar-refractivity contribution is 5.81. The minimum absolute atomic E-state index is 0.00333. The fraction of sp³-hybridized carbons (Fsp3) is 0.923. The van der Waals surface area contributed by atoms with E-state index in [2.05, 4.69) is 31.0 Å². The quantitative estimate of drug-likeness (QED) is 0.665. The van der Waals surface area contributed by atoms with Crippen molar-refractivity contribution >= 4 is 5.91 Å². The van der Waals surface area contributed by atoms with E-state index in [1.165, 1.54) is 12.8 Å². The third-order valence-electron chi connectivity index (χ3n) is 3.68. The van der Waals surface area contributed by atoms with Gasteiger partial charge < -0.3 is 11.1 Å². The standard InChI is InChI=1S/C13H27N3O/c1-4-12(16(5-2)6-3)13(17)15-9-11(14)10-7-8-10/h10-12H,4-9,14H2,1-3H3,(H,15,17). The summed E-state index contributed by atoms with van der Waals surface area (Å²) in [4.78, 5) is 14.3. The molecule has 1 saturated carbocycles. The highest BCUT2D eigenvalue weighted by Crippen LogP contribution is 2.31. The van der Waals surface area contributed by atoms with Crippen molar-refractivity contribution in [3.63, 3.8) is 0 Å². The summed E-state index contributed by atoms with van der Waals surface area (Å²) in [5.41, 5.74) is 5.98. The Morgan fingerprint density at radius 3 is 2.35 bits per heavy atom. The molecule has 0 aromatic rings. The highest BCUT2D eigenvalue weighted by atomic mass is 16.2. The molecule has 0 aromatic heterocycles. The molecule has 1 aliphatic carbocycles. The van der Waals surface area contributed by atoms with E-state index in [9.17, 15) is 4.79 Å². The number of hydrogen-bond donors (Lipinski definition) is 2. The first-order chi connectivity index (χ1) is 8.13. The zero-order chi connectivity index (χ0) is 12.8. The second-order valence-electron chi connectivity index (χ2n) is 4.89. The summed E-state index contributed by atoms with van der Waals surface area (Å²) < 4.78 is 0. The fourth-order valence-electron chi connectivity index (χ4n) is 2.30. The van der Waals surface area contributed by atoms with E-state index in [0.29, 0.717) is 12.5 Å². The van der Waals surface area contributed by atoms with Gasteiger partial charge >= 0.3 is 0 Å². The van der Waals surface area contributed by atoms with Gasteiger partial charge in [0, 0.05) is 12.6 Å². The average molecular weight is 241 g/mol. The lowest BCUT2D eigenvalue weighted by Gasteiger charge is -2.28. The van der Waals surface area contributed by atoms with Gasteiger partial charge in [0.1, 0.15) is 0 Å². The molecule has 2 unspecified atom stereocenters. The molecule has 0 radical (unpaired) electrons. The van der Waals surface area contributed by atoms with Crippen LogP contribution in [0.5, 0.6) is 0 Å². The van der Waals surface area contributed by atoms with Gasteiger partial charge in [-0.3, -0.25) is 9.69 Å². The molecule has 2 atom stereocenters. The summed E-state index contributed by atoms with van der Waals surface area (Å²) in [7, 11) is 0. The minimum Gasteiger partial charge on any atom is -0.353 e. The average Bonchev–Trinajstić information content (AvgIpc) is 3.16. The van der Waals surface area contributed by atoms with Crippen LogP contribution < -0.4 is 11.1 Å². The molecule has 0 bridgehead atoms. The highest BCUT2D eigenvalue weighted by Gasteiger charge is 2.29. The van der Waals surface area contributed by atoms with Crippen molar-refractivity contribution in [2.45, 2.75) is 52.1 Å². The van der Waals surface area contributed by atoms with Crippen molar-refractivity contribution in [1.82, 2.24) is 10.2 Å². The van der Waals surface area contributed by atoms with Gasteiger partial charge in [-0.1, -0.05) is 20.8 Å². The molecule has 1 amide bonds. The summed E-state index contributed by atoms with van der Waals surface area (Å²) >= 11 is 0. The molecule has 1 rings (SSSR count). The van der Waals surface area contributed by atoms with Gasteiger partial charge in [0.2, 0.25) is 5.91 Å². The van der Waals surface area contributed by atoms with Gasteiger partial charge in [0.15, 0.2) is 0 Å². The van der Waals surface area contributed by atoms with Crippen LogP contribution in [-0.2, 0) is 4.79 Å². The lowest BCUT2D eigenvalue weighted by molar-refractivity contribution is -0.126. The molecule has 0 saturated heterocycles. The van der Waals surface area contributed by atoms with Gasteiger partial charge in [-0.25, -0.2) is 0 Å². The van der Waals surface area contributed by atoms with Crippen LogP contribution in [0.25, 0.3) is 0 Å². The van der Waals surface area contributed by atoms with Gasteiger partial charge in [0.25, 0.3) is 0 Å². The molecule has 0 aliphatic heterocycles. The third-order valence-corrected chi connectivity index (χ3v) is 3.68. The number of hydrogen-bond acceptors (Lipinski definition) is 3. The number of carbonyl (C=O) groups excluding carboxylic acids is 1. The fourth-order valence-corrected chi connectivity index (χ4v) is 2.30. The Morgan fingerprint density at radius 1 is 1.35 bits per heavy atom. The summed E-state index contributed by atoms with van der Waals surface area (Å²) in [6.45, 7) is 8.70. The molecule has 17 heavy (non-hydrogen) atoms. The van der Waals surface area contributed by atoms with Crippen LogP contribution in [-0.4, -0.2) is 42.5 Å². The van der Waals surface area contributed by atoms with Crippen molar-refractivity contribution in [1.29, 1.82) is 0 Å². The Kier molecular flexibility index (Phi) is 5.92. The summed E-state index contributed by atoms with van der Waals surface area (Å²) in [6.07, 6.45) is 3.31. The van der Waals surface area contributed by atoms with Crippen LogP contribution in [0.1, 0.15) is 40.0 Å². The van der Waals surface area contributed by atoms with E-state index in [0.717, 1.165) is 19.5 Å². The molecule has 0 spiro atoms. The van der Waals surface area contributed by atoms with Crippen molar-refractivity contribution in [2.24, 2.45) is 11.7 Å². The molecule has 4 heteroatoms. The summed E-state index contributed by atoms with van der Waals surface area (Å²) in [5.74, 6) is 0.774. The predicted octanol–water partition coefficient (Wildman–Crippen LogP) is 0.960. The lowest BCUT2D eigenvalue weighted by atomic mass is 10.1. The molecule has 3 N–H and O–H groups in total. The number of nitrogens with one attached hydrogen (secondary N) is 1. The third kappa shape index (κ3) is 4.28. The zero-order valence-corrected chi connectivity index (χ0v) is 11.4. The topological polar surface area (TPSA) is 58.4 Å². The smallest absolute Gasteiger partial charge is 0.237 e. The number of nitrogens with two attached hydrogens (primary N) is 1. The van der Waals surface area contributed by atoms with Crippen molar-refractivity contribution in [2.75, 3.05) is 19.6 Å². The van der Waals surface area contributed by atoms with E-state index >= 15 is 0 Å². The maximum absolute atomic E-state index is 12.1. The molecule has 0 aromatic carbocycles. The molecular formula is C13H27N3O. The number of carbonyl (C=O) groups is 1. The van der Waals surface area contributed by atoms with Crippen molar-refractivity contribution in [3.05, 3.63) is 0 Å². The van der Waals surface area contributed by atoms with Crippen molar-refractivity contribution in [3.8, 4) is 0 Å². The van der Waals surface area contributed by atoms with Crippen molar-refractivity contribution < 1.29 is 4.79 Å². The Labute approximate surface area is 105 Å². The Morgan fingerprint density at radius 2 is 1.94 bits per heavy atom. The van der Waals surface area contributed by atoms with E-state index in [1.54, 1.807) is 0 Å². The molecular weight excluding hydrogens is 214 g/mol. The van der Waals surface area contributed by atoms with E-state index < -0.39 is 0 Å². The Hall–Kier alpha value is -0.610. The SMILES string of the molecule is CCC(C(=O)NCC(N)C1CC1)N(CC)CC. The van der Waals surface area contributed by atoms with Gasteiger partial charge in [-0.15, -0.1) is 0 Å². The second-order valence-corrected chi connectivity index (χ2v) is 4.89. The Balaban J connectivity index is 2.36. The predicted molar refractivity (Wildman–Crippen MR) is 70.7 cm³/mol. The maximum Gasteiger partial charge on any atom is 0.237 e. The van der Waals surface area contributed by atoms with Crippen LogP contribution >= 0.6 is 0 Å². The first-order valence-corrected chi connectivity index (χ1v) is 6.91. The number of amides is 1. The minimum atomic E-state index is -0.00333. The molecule has 4 nitrogen and oxygen atoms in total. The number of likely N-dealkylation sites (N-methyl/N-ethyl adjacent to an activating group) is 1. The van der Waals surface area contributed by atoms with Crippen LogP contribution in [0, 0.1) is 5.92 Å². The summed E-state index contributed by atoms with van der Waals surface area (Å²) in [6, 6.07) is 0.143. The molecule has 1 fully saturated rings. The van der Waals surface area contributed by atoms with Gasteiger partial charge in [-0.05, 0) is 38.3 Å². The monoisotopic (exact) mass is 241 g/mol. The van der Waals surface area contributed by atoms with Gasteiger partial charge in [-0.2, -0.15) is 0 Å². The first-order valence-electron chi connectivity index (χ1n) is 6.91. The molecule has 0 heterocycles. The van der Waals surface area contributed by atoms with Crippen LogP contribution in [0.4, 0.5) is 0 Å². The van der Waals surface area contributed by atoms with E-state index in [-0.39, 0.29) is 18.0 Å². The van der Waals surface area contributed by atoms with E-state index in [1.807, 2.05) is 0 Å². The van der Waals surface area contributed by atoms with Crippen LogP contribution in [0.2, 0.25) is 0 Å². The van der Waals surface area contributed by atoms with E-state index in [4.69, 9.17) is 5.73 Å². The molecule has 100 valence electrons. The largest absolute Gasteiger partial charge is 0.353 e. The maximum atomic E-state index is 12.1. The zero-order valence-electron chi connectivity index (χ0n) is 11.4. The van der Waals surface area contributed by atoms with Gasteiger partial charge in [0.05, 0.1) is 6.04 Å². The Bertz CT molecular complexity index is 237. The number of rotatable bonds is 8.